The number of morpholine rings is 1. The Labute approximate surface area is 94.7 Å². The van der Waals surface area contributed by atoms with E-state index in [1.807, 2.05) is 18.5 Å². The van der Waals surface area contributed by atoms with Crippen molar-refractivity contribution in [1.82, 2.24) is 4.67 Å². The van der Waals surface area contributed by atoms with Crippen LogP contribution in [-0.2, 0) is 13.8 Å². The average molecular weight is 252 g/mol. The molecule has 0 radical (unpaired) electrons. The van der Waals surface area contributed by atoms with Crippen LogP contribution in [0.5, 0.6) is 0 Å². The van der Waals surface area contributed by atoms with Gasteiger partial charge in [-0.05, 0) is 13.8 Å². The minimum Gasteiger partial charge on any atom is -0.379 e. The fourth-order valence-electron chi connectivity index (χ4n) is 1.67. The monoisotopic (exact) mass is 251 g/mol. The summed E-state index contributed by atoms with van der Waals surface area (Å²) in [6, 6.07) is 0. The minimum absolute atomic E-state index is 0.525. The molecule has 86 valence electrons. The molecule has 0 bridgehead atoms. The van der Waals surface area contributed by atoms with E-state index in [1.54, 1.807) is 5.82 Å². The molecule has 1 fully saturated rings. The Balaban J connectivity index is 2.19. The number of rotatable bonds is 1. The first-order chi connectivity index (χ1) is 6.94. The summed E-state index contributed by atoms with van der Waals surface area (Å²) in [6.45, 7) is 6.11. The zero-order chi connectivity index (χ0) is 11.1. The van der Waals surface area contributed by atoms with Gasteiger partial charge in [-0.15, -0.1) is 0 Å². The Hall–Kier alpha value is 0.140. The molecule has 15 heavy (non-hydrogen) atoms. The summed E-state index contributed by atoms with van der Waals surface area (Å²) in [4.78, 5) is 0. The zero-order valence-electron chi connectivity index (χ0n) is 8.90. The van der Waals surface area contributed by atoms with Gasteiger partial charge in [0.2, 0.25) is 0 Å². The van der Waals surface area contributed by atoms with Crippen molar-refractivity contribution in [3.05, 3.63) is 10.8 Å². The summed E-state index contributed by atoms with van der Waals surface area (Å²) in [6.07, 6.45) is 0. The van der Waals surface area contributed by atoms with Gasteiger partial charge in [0.05, 0.1) is 18.2 Å². The number of halogens is 1. The van der Waals surface area contributed by atoms with Crippen LogP contribution in [0.4, 0.5) is 0 Å². The van der Waals surface area contributed by atoms with E-state index in [0.29, 0.717) is 31.3 Å². The van der Waals surface area contributed by atoms with Crippen molar-refractivity contribution >= 4 is 19.1 Å². The van der Waals surface area contributed by atoms with E-state index in [-0.39, 0.29) is 0 Å². The van der Waals surface area contributed by atoms with Crippen molar-refractivity contribution in [3.63, 3.8) is 0 Å². The van der Waals surface area contributed by atoms with Gasteiger partial charge in [0.1, 0.15) is 5.60 Å². The maximum atomic E-state index is 12.5. The van der Waals surface area contributed by atoms with E-state index in [0.717, 1.165) is 0 Å². The maximum absolute atomic E-state index is 12.5. The van der Waals surface area contributed by atoms with E-state index < -0.39 is 13.1 Å². The molecule has 1 atom stereocenters. The quantitative estimate of drug-likeness (QED) is 0.671. The molecule has 0 saturated carbocycles. The van der Waals surface area contributed by atoms with Gasteiger partial charge in [-0.1, -0.05) is 11.6 Å². The topological polar surface area (TPSA) is 38.8 Å². The van der Waals surface area contributed by atoms with Crippen LogP contribution in [0.2, 0.25) is 0 Å². The van der Waals surface area contributed by atoms with E-state index in [9.17, 15) is 4.57 Å². The molecule has 0 aliphatic carbocycles. The molecule has 0 amide bonds. The van der Waals surface area contributed by atoms with Gasteiger partial charge >= 0.3 is 0 Å². The fraction of sp³-hybridized carbons (Fsp3) is 0.778. The minimum atomic E-state index is -2.86. The highest BCUT2D eigenvalue weighted by Crippen LogP contribution is 2.63. The highest BCUT2D eigenvalue weighted by molar-refractivity contribution is 7.60. The fourth-order valence-corrected chi connectivity index (χ4v) is 4.53. The first-order valence-electron chi connectivity index (χ1n) is 4.96. The summed E-state index contributed by atoms with van der Waals surface area (Å²) < 4.78 is 25.1. The molecule has 2 aliphatic heterocycles. The van der Waals surface area contributed by atoms with Crippen LogP contribution in [0.3, 0.4) is 0 Å². The molecule has 1 saturated heterocycles. The summed E-state index contributed by atoms with van der Waals surface area (Å²) in [5.74, 6) is 1.57. The Morgan fingerprint density at radius 2 is 2.07 bits per heavy atom. The molecule has 0 aromatic heterocycles. The molecule has 0 aromatic rings. The first-order valence-corrected chi connectivity index (χ1v) is 6.99. The van der Waals surface area contributed by atoms with Crippen molar-refractivity contribution in [2.75, 3.05) is 26.3 Å². The lowest BCUT2D eigenvalue weighted by atomic mass is 10.1. The van der Waals surface area contributed by atoms with Crippen LogP contribution in [-0.4, -0.2) is 36.6 Å². The number of ether oxygens (including phenoxy) is 1. The Morgan fingerprint density at radius 3 is 2.53 bits per heavy atom. The van der Waals surface area contributed by atoms with Crippen molar-refractivity contribution in [2.45, 2.75) is 19.4 Å². The van der Waals surface area contributed by atoms with Crippen LogP contribution >= 0.6 is 19.1 Å². The molecule has 2 aliphatic rings. The van der Waals surface area contributed by atoms with Crippen molar-refractivity contribution in [1.29, 1.82) is 0 Å². The van der Waals surface area contributed by atoms with Crippen molar-refractivity contribution in [2.24, 2.45) is 0 Å². The van der Waals surface area contributed by atoms with E-state index in [1.165, 1.54) is 0 Å². The molecule has 2 rings (SSSR count). The molecular weight excluding hydrogens is 237 g/mol. The second kappa shape index (κ2) is 3.86. The lowest BCUT2D eigenvalue weighted by Crippen LogP contribution is -2.34. The first kappa shape index (κ1) is 11.6. The Kier molecular flexibility index (Phi) is 2.99. The number of nitrogens with zero attached hydrogens (tertiary/aromatic N) is 1. The molecule has 0 spiro atoms. The van der Waals surface area contributed by atoms with E-state index in [4.69, 9.17) is 20.9 Å². The number of hydrogen-bond acceptors (Lipinski definition) is 3. The smallest absolute Gasteiger partial charge is 0.297 e. The van der Waals surface area contributed by atoms with Crippen molar-refractivity contribution in [3.8, 4) is 0 Å². The third kappa shape index (κ3) is 2.15. The zero-order valence-corrected chi connectivity index (χ0v) is 10.6. The van der Waals surface area contributed by atoms with Crippen molar-refractivity contribution < 1.29 is 13.8 Å². The molecule has 1 unspecified atom stereocenters. The standard InChI is InChI=1S/C9H15ClNO3P/c1-9(2)8(10)7-15(12,14-9)11-3-5-13-6-4-11/h7H,3-6H2,1-2H3. The molecule has 0 aromatic carbocycles. The largest absolute Gasteiger partial charge is 0.379 e. The van der Waals surface area contributed by atoms with Crippen LogP contribution in [0.15, 0.2) is 10.8 Å². The van der Waals surface area contributed by atoms with Crippen LogP contribution in [0.25, 0.3) is 0 Å². The summed E-state index contributed by atoms with van der Waals surface area (Å²) >= 11 is 6.01. The summed E-state index contributed by atoms with van der Waals surface area (Å²) in [5, 5.41) is 0.525. The Bertz CT molecular complexity index is 336. The predicted molar refractivity (Wildman–Crippen MR) is 59.1 cm³/mol. The second-order valence-corrected chi connectivity index (χ2v) is 6.75. The van der Waals surface area contributed by atoms with E-state index in [2.05, 4.69) is 0 Å². The van der Waals surface area contributed by atoms with Gasteiger partial charge in [-0.3, -0.25) is 4.57 Å². The van der Waals surface area contributed by atoms with Crippen LogP contribution in [0, 0.1) is 0 Å². The highest BCUT2D eigenvalue weighted by Gasteiger charge is 2.44. The lowest BCUT2D eigenvalue weighted by Gasteiger charge is -2.32. The highest BCUT2D eigenvalue weighted by atomic mass is 35.5. The third-order valence-electron chi connectivity index (χ3n) is 2.59. The van der Waals surface area contributed by atoms with Crippen LogP contribution < -0.4 is 0 Å². The number of hydrogen-bond donors (Lipinski definition) is 0. The lowest BCUT2D eigenvalue weighted by molar-refractivity contribution is 0.0596. The molecule has 2 heterocycles. The average Bonchev–Trinajstić information content (AvgIpc) is 2.38. The molecule has 6 heteroatoms. The maximum Gasteiger partial charge on any atom is 0.297 e. The second-order valence-electron chi connectivity index (χ2n) is 4.21. The van der Waals surface area contributed by atoms with Gasteiger partial charge in [0, 0.05) is 18.9 Å². The SMILES string of the molecule is CC1(C)OP(=O)(N2CCOCC2)C=C1Cl. The van der Waals surface area contributed by atoms with E-state index >= 15 is 0 Å². The third-order valence-corrected chi connectivity index (χ3v) is 5.80. The van der Waals surface area contributed by atoms with Crippen LogP contribution in [0.1, 0.15) is 13.8 Å². The Morgan fingerprint density at radius 1 is 1.47 bits per heavy atom. The summed E-state index contributed by atoms with van der Waals surface area (Å²) in [7, 11) is -2.86. The van der Waals surface area contributed by atoms with Gasteiger partial charge in [0.15, 0.2) is 0 Å². The van der Waals surface area contributed by atoms with Gasteiger partial charge < -0.3 is 9.26 Å². The molecular formula is C9H15ClNO3P. The normalized spacial score (nSPS) is 36.6. The summed E-state index contributed by atoms with van der Waals surface area (Å²) in [5.41, 5.74) is -0.630. The molecule has 4 nitrogen and oxygen atoms in total. The van der Waals surface area contributed by atoms with Gasteiger partial charge in [-0.2, -0.15) is 0 Å². The predicted octanol–water partition coefficient (Wildman–Crippen LogP) is 2.40. The molecule has 0 N–H and O–H groups in total. The van der Waals surface area contributed by atoms with Gasteiger partial charge in [-0.25, -0.2) is 4.67 Å². The van der Waals surface area contributed by atoms with Gasteiger partial charge in [0.25, 0.3) is 7.52 Å².